The molecule has 0 spiro atoms. The fourth-order valence-electron chi connectivity index (χ4n) is 2.63. The van der Waals surface area contributed by atoms with Crippen LogP contribution in [-0.4, -0.2) is 54.7 Å². The van der Waals surface area contributed by atoms with Gasteiger partial charge >= 0.3 is 0 Å². The van der Waals surface area contributed by atoms with Gasteiger partial charge < -0.3 is 9.80 Å². The van der Waals surface area contributed by atoms with Crippen molar-refractivity contribution in [3.63, 3.8) is 0 Å². The zero-order valence-electron chi connectivity index (χ0n) is 11.2. The average Bonchev–Trinajstić information content (AvgIpc) is 3.01. The van der Waals surface area contributed by atoms with Crippen molar-refractivity contribution in [1.82, 2.24) is 10.2 Å². The molecule has 2 heterocycles. The number of nitrogens with zero attached hydrogens (tertiary/aromatic N) is 2. The van der Waals surface area contributed by atoms with E-state index in [0.717, 1.165) is 48.5 Å². The van der Waals surface area contributed by atoms with Gasteiger partial charge in [-0.3, -0.25) is 10.1 Å². The number of rotatable bonds is 2. The quantitative estimate of drug-likeness (QED) is 0.901. The van der Waals surface area contributed by atoms with Gasteiger partial charge in [0, 0.05) is 48.5 Å². The molecule has 0 saturated carbocycles. The lowest BCUT2D eigenvalue weighted by molar-refractivity contribution is -0.132. The molecular formula is C14H18ClN3OS. The number of amides is 1. The van der Waals surface area contributed by atoms with Gasteiger partial charge in [0.15, 0.2) is 0 Å². The van der Waals surface area contributed by atoms with Crippen LogP contribution in [-0.2, 0) is 4.79 Å². The van der Waals surface area contributed by atoms with Crippen LogP contribution in [0.2, 0.25) is 5.02 Å². The topological polar surface area (TPSA) is 35.6 Å². The van der Waals surface area contributed by atoms with Gasteiger partial charge in [0.25, 0.3) is 0 Å². The number of hydrogen-bond acceptors (Lipinski definition) is 4. The summed E-state index contributed by atoms with van der Waals surface area (Å²) in [5.41, 5.74) is 1.14. The Labute approximate surface area is 128 Å². The molecule has 2 saturated heterocycles. The van der Waals surface area contributed by atoms with Crippen molar-refractivity contribution in [2.75, 3.05) is 42.7 Å². The monoisotopic (exact) mass is 311 g/mol. The second-order valence-corrected chi connectivity index (χ2v) is 6.53. The molecule has 20 heavy (non-hydrogen) atoms. The summed E-state index contributed by atoms with van der Waals surface area (Å²) in [6.07, 6.45) is 0. The van der Waals surface area contributed by atoms with Crippen LogP contribution in [0.1, 0.15) is 0 Å². The van der Waals surface area contributed by atoms with E-state index in [1.54, 1.807) is 11.8 Å². The van der Waals surface area contributed by atoms with Gasteiger partial charge in [-0.1, -0.05) is 17.7 Å². The molecule has 0 aliphatic carbocycles. The van der Waals surface area contributed by atoms with E-state index < -0.39 is 0 Å². The molecule has 2 aliphatic rings. The molecule has 1 atom stereocenters. The number of benzene rings is 1. The first-order chi connectivity index (χ1) is 9.74. The van der Waals surface area contributed by atoms with Crippen molar-refractivity contribution < 1.29 is 4.79 Å². The van der Waals surface area contributed by atoms with E-state index in [4.69, 9.17) is 11.6 Å². The highest BCUT2D eigenvalue weighted by molar-refractivity contribution is 7.99. The summed E-state index contributed by atoms with van der Waals surface area (Å²) in [5.74, 6) is 2.03. The predicted molar refractivity (Wildman–Crippen MR) is 84.5 cm³/mol. The van der Waals surface area contributed by atoms with Gasteiger partial charge in [0.2, 0.25) is 5.91 Å². The van der Waals surface area contributed by atoms with Crippen molar-refractivity contribution in [3.8, 4) is 0 Å². The van der Waals surface area contributed by atoms with Crippen LogP contribution in [0.25, 0.3) is 0 Å². The van der Waals surface area contributed by atoms with E-state index in [1.165, 1.54) is 0 Å². The maximum absolute atomic E-state index is 12.3. The van der Waals surface area contributed by atoms with Gasteiger partial charge in [-0.15, -0.1) is 11.8 Å². The molecule has 2 aliphatic heterocycles. The third kappa shape index (κ3) is 3.05. The molecule has 1 N–H and O–H groups in total. The first kappa shape index (κ1) is 14.0. The van der Waals surface area contributed by atoms with E-state index >= 15 is 0 Å². The molecule has 0 bridgehead atoms. The molecule has 2 fully saturated rings. The van der Waals surface area contributed by atoms with Crippen LogP contribution in [0, 0.1) is 0 Å². The molecule has 108 valence electrons. The molecule has 1 aromatic rings. The molecule has 0 radical (unpaired) electrons. The number of carbonyl (C=O) groups is 1. The molecule has 1 aromatic carbocycles. The predicted octanol–water partition coefficient (Wildman–Crippen LogP) is 1.65. The number of piperazine rings is 1. The second-order valence-electron chi connectivity index (χ2n) is 5.06. The SMILES string of the molecule is O=C(C1CSCN1)N1CCN(c2cccc(Cl)c2)CC1. The summed E-state index contributed by atoms with van der Waals surface area (Å²) in [4.78, 5) is 16.6. The van der Waals surface area contributed by atoms with Gasteiger partial charge in [-0.25, -0.2) is 0 Å². The molecular weight excluding hydrogens is 294 g/mol. The molecule has 0 aromatic heterocycles. The summed E-state index contributed by atoms with van der Waals surface area (Å²) in [5, 5.41) is 4.00. The average molecular weight is 312 g/mol. The Hall–Kier alpha value is -0.910. The van der Waals surface area contributed by atoms with Crippen LogP contribution in [0.15, 0.2) is 24.3 Å². The fourth-order valence-corrected chi connectivity index (χ4v) is 3.75. The van der Waals surface area contributed by atoms with E-state index in [0.29, 0.717) is 0 Å². The van der Waals surface area contributed by atoms with Crippen LogP contribution in [0.4, 0.5) is 5.69 Å². The van der Waals surface area contributed by atoms with Crippen LogP contribution in [0.5, 0.6) is 0 Å². The van der Waals surface area contributed by atoms with Crippen molar-refractivity contribution in [2.45, 2.75) is 6.04 Å². The van der Waals surface area contributed by atoms with Crippen molar-refractivity contribution in [1.29, 1.82) is 0 Å². The Morgan fingerprint density at radius 1 is 1.30 bits per heavy atom. The van der Waals surface area contributed by atoms with Crippen molar-refractivity contribution >= 4 is 35.0 Å². The van der Waals surface area contributed by atoms with E-state index in [9.17, 15) is 4.79 Å². The molecule has 6 heteroatoms. The Morgan fingerprint density at radius 2 is 2.10 bits per heavy atom. The third-order valence-corrected chi connectivity index (χ3v) is 4.95. The lowest BCUT2D eigenvalue weighted by Gasteiger charge is -2.37. The Kier molecular flexibility index (Phi) is 4.38. The maximum atomic E-state index is 12.3. The van der Waals surface area contributed by atoms with Crippen LogP contribution < -0.4 is 10.2 Å². The molecule has 4 nitrogen and oxygen atoms in total. The summed E-state index contributed by atoms with van der Waals surface area (Å²) in [6, 6.07) is 7.91. The molecule has 1 amide bonds. The minimum Gasteiger partial charge on any atom is -0.368 e. The number of hydrogen-bond donors (Lipinski definition) is 1. The first-order valence-corrected chi connectivity index (χ1v) is 8.38. The van der Waals surface area contributed by atoms with E-state index in [2.05, 4.69) is 16.3 Å². The minimum atomic E-state index is 0.0118. The fraction of sp³-hybridized carbons (Fsp3) is 0.500. The zero-order valence-corrected chi connectivity index (χ0v) is 12.8. The lowest BCUT2D eigenvalue weighted by atomic mass is 10.2. The summed E-state index contributed by atoms with van der Waals surface area (Å²) >= 11 is 7.82. The molecule has 1 unspecified atom stereocenters. The number of thioether (sulfide) groups is 1. The largest absolute Gasteiger partial charge is 0.368 e. The summed E-state index contributed by atoms with van der Waals surface area (Å²) < 4.78 is 0. The minimum absolute atomic E-state index is 0.0118. The smallest absolute Gasteiger partial charge is 0.240 e. The normalized spacial score (nSPS) is 23.1. The highest BCUT2D eigenvalue weighted by Crippen LogP contribution is 2.21. The van der Waals surface area contributed by atoms with E-state index in [1.807, 2.05) is 23.1 Å². The van der Waals surface area contributed by atoms with Crippen LogP contribution in [0.3, 0.4) is 0 Å². The summed E-state index contributed by atoms with van der Waals surface area (Å²) in [7, 11) is 0. The molecule has 3 rings (SSSR count). The third-order valence-electron chi connectivity index (χ3n) is 3.78. The van der Waals surface area contributed by atoms with Gasteiger partial charge in [0.05, 0.1) is 6.04 Å². The van der Waals surface area contributed by atoms with Crippen LogP contribution >= 0.6 is 23.4 Å². The standard InChI is InChI=1S/C14H18ClN3OS/c15-11-2-1-3-12(8-11)17-4-6-18(7-5-17)14(19)13-9-20-10-16-13/h1-3,8,13,16H,4-7,9-10H2. The highest BCUT2D eigenvalue weighted by atomic mass is 35.5. The zero-order chi connectivity index (χ0) is 13.9. The highest BCUT2D eigenvalue weighted by Gasteiger charge is 2.29. The summed E-state index contributed by atoms with van der Waals surface area (Å²) in [6.45, 7) is 3.31. The lowest BCUT2D eigenvalue weighted by Crippen LogP contribution is -2.53. The van der Waals surface area contributed by atoms with Gasteiger partial charge in [-0.2, -0.15) is 0 Å². The Bertz CT molecular complexity index is 485. The second kappa shape index (κ2) is 6.24. The number of halogens is 1. The van der Waals surface area contributed by atoms with Gasteiger partial charge in [-0.05, 0) is 18.2 Å². The Balaban J connectivity index is 1.58. The first-order valence-electron chi connectivity index (χ1n) is 6.84. The van der Waals surface area contributed by atoms with Crippen molar-refractivity contribution in [3.05, 3.63) is 29.3 Å². The number of nitrogens with one attached hydrogen (secondary N) is 1. The van der Waals surface area contributed by atoms with Gasteiger partial charge in [0.1, 0.15) is 0 Å². The number of anilines is 1. The maximum Gasteiger partial charge on any atom is 0.240 e. The van der Waals surface area contributed by atoms with Crippen molar-refractivity contribution in [2.24, 2.45) is 0 Å². The number of carbonyl (C=O) groups excluding carboxylic acids is 1. The Morgan fingerprint density at radius 3 is 2.75 bits per heavy atom. The van der Waals surface area contributed by atoms with E-state index in [-0.39, 0.29) is 11.9 Å².